The van der Waals surface area contributed by atoms with Crippen molar-refractivity contribution in [2.45, 2.75) is 6.04 Å². The molecule has 1 aromatic heterocycles. The van der Waals surface area contributed by atoms with Crippen LogP contribution in [0.5, 0.6) is 0 Å². The normalized spacial score (nSPS) is 13.6. The van der Waals surface area contributed by atoms with Gasteiger partial charge in [0.15, 0.2) is 5.96 Å². The zero-order valence-corrected chi connectivity index (χ0v) is 10.9. The van der Waals surface area contributed by atoms with Crippen LogP contribution < -0.4 is 10.6 Å². The van der Waals surface area contributed by atoms with Crippen molar-refractivity contribution in [3.8, 4) is 0 Å². The minimum Gasteiger partial charge on any atom is -0.359 e. The Morgan fingerprint density at radius 2 is 2.29 bits per heavy atom. The van der Waals surface area contributed by atoms with E-state index in [1.165, 1.54) is 5.56 Å². The van der Waals surface area contributed by atoms with E-state index in [1.54, 1.807) is 13.2 Å². The maximum atomic E-state index is 4.16. The van der Waals surface area contributed by atoms with Crippen LogP contribution in [0.4, 0.5) is 0 Å². The molecule has 0 amide bonds. The lowest BCUT2D eigenvalue weighted by molar-refractivity contribution is 0.297. The van der Waals surface area contributed by atoms with Crippen molar-refractivity contribution in [2.75, 3.05) is 34.7 Å². The molecule has 1 rings (SSSR count). The Kier molecular flexibility index (Phi) is 5.42. The summed E-state index contributed by atoms with van der Waals surface area (Å²) < 4.78 is 0. The van der Waals surface area contributed by atoms with E-state index in [-0.39, 0.29) is 6.04 Å². The molecule has 0 radical (unpaired) electrons. The molecular weight excluding hydrogens is 214 g/mol. The van der Waals surface area contributed by atoms with Gasteiger partial charge in [-0.25, -0.2) is 0 Å². The molecule has 0 saturated carbocycles. The van der Waals surface area contributed by atoms with Gasteiger partial charge in [0.05, 0.1) is 6.04 Å². The van der Waals surface area contributed by atoms with Gasteiger partial charge in [-0.3, -0.25) is 9.98 Å². The van der Waals surface area contributed by atoms with Crippen molar-refractivity contribution < 1.29 is 0 Å². The molecule has 0 fully saturated rings. The van der Waals surface area contributed by atoms with E-state index in [4.69, 9.17) is 0 Å². The highest BCUT2D eigenvalue weighted by Gasteiger charge is 2.14. The molecule has 1 atom stereocenters. The third kappa shape index (κ3) is 4.03. The van der Waals surface area contributed by atoms with Gasteiger partial charge in [0.2, 0.25) is 0 Å². The zero-order chi connectivity index (χ0) is 12.7. The first kappa shape index (κ1) is 13.4. The lowest BCUT2D eigenvalue weighted by Gasteiger charge is -2.25. The molecule has 0 aliphatic heterocycles. The second kappa shape index (κ2) is 6.85. The summed E-state index contributed by atoms with van der Waals surface area (Å²) in [4.78, 5) is 10.4. The number of pyridine rings is 1. The minimum absolute atomic E-state index is 0.272. The van der Waals surface area contributed by atoms with Gasteiger partial charge in [-0.05, 0) is 25.7 Å². The lowest BCUT2D eigenvalue weighted by Crippen LogP contribution is -2.40. The molecule has 5 nitrogen and oxygen atoms in total. The summed E-state index contributed by atoms with van der Waals surface area (Å²) in [5.74, 6) is 0.792. The fraction of sp³-hybridized carbons (Fsp3) is 0.500. The molecule has 0 spiro atoms. The Labute approximate surface area is 103 Å². The summed E-state index contributed by atoms with van der Waals surface area (Å²) >= 11 is 0. The number of hydrogen-bond donors (Lipinski definition) is 2. The van der Waals surface area contributed by atoms with Gasteiger partial charge in [-0.2, -0.15) is 0 Å². The molecule has 0 bridgehead atoms. The molecule has 94 valence electrons. The number of aromatic nitrogens is 1. The van der Waals surface area contributed by atoms with Crippen molar-refractivity contribution in [3.63, 3.8) is 0 Å². The Morgan fingerprint density at radius 1 is 1.53 bits per heavy atom. The van der Waals surface area contributed by atoms with E-state index in [1.807, 2.05) is 19.3 Å². The molecule has 5 heteroatoms. The third-order valence-corrected chi connectivity index (χ3v) is 2.62. The zero-order valence-electron chi connectivity index (χ0n) is 10.9. The molecule has 1 aromatic rings. The highest BCUT2D eigenvalue weighted by molar-refractivity contribution is 5.79. The summed E-state index contributed by atoms with van der Waals surface area (Å²) in [7, 11) is 7.72. The van der Waals surface area contributed by atoms with Gasteiger partial charge in [0.25, 0.3) is 0 Å². The third-order valence-electron chi connectivity index (χ3n) is 2.62. The highest BCUT2D eigenvalue weighted by Crippen LogP contribution is 2.15. The van der Waals surface area contributed by atoms with E-state index in [0.717, 1.165) is 12.5 Å². The Bertz CT molecular complexity index is 347. The topological polar surface area (TPSA) is 52.6 Å². The maximum Gasteiger partial charge on any atom is 0.190 e. The summed E-state index contributed by atoms with van der Waals surface area (Å²) in [5.41, 5.74) is 1.19. The van der Waals surface area contributed by atoms with Crippen LogP contribution >= 0.6 is 0 Å². The molecule has 0 aliphatic carbocycles. The minimum atomic E-state index is 0.272. The van der Waals surface area contributed by atoms with Gasteiger partial charge >= 0.3 is 0 Å². The lowest BCUT2D eigenvalue weighted by atomic mass is 10.1. The van der Waals surface area contributed by atoms with Gasteiger partial charge < -0.3 is 15.5 Å². The monoisotopic (exact) mass is 235 g/mol. The van der Waals surface area contributed by atoms with Gasteiger partial charge in [-0.1, -0.05) is 6.07 Å². The van der Waals surface area contributed by atoms with Crippen molar-refractivity contribution in [3.05, 3.63) is 30.1 Å². The summed E-state index contributed by atoms with van der Waals surface area (Å²) in [6.45, 7) is 0.784. The van der Waals surface area contributed by atoms with Crippen LogP contribution in [0.15, 0.2) is 29.5 Å². The smallest absolute Gasteiger partial charge is 0.190 e. The standard InChI is InChI=1S/C12H21N5/c1-13-12(14-2)16-9-11(17(3)4)10-6-5-7-15-8-10/h5-8,11H,9H2,1-4H3,(H2,13,14,16). The molecule has 0 aliphatic rings. The Balaban J connectivity index is 2.68. The van der Waals surface area contributed by atoms with Crippen molar-refractivity contribution in [1.82, 2.24) is 20.5 Å². The fourth-order valence-corrected chi connectivity index (χ4v) is 1.64. The highest BCUT2D eigenvalue weighted by atomic mass is 15.2. The predicted molar refractivity (Wildman–Crippen MR) is 71.1 cm³/mol. The number of likely N-dealkylation sites (N-methyl/N-ethyl adjacent to an activating group) is 1. The van der Waals surface area contributed by atoms with E-state index < -0.39 is 0 Å². The van der Waals surface area contributed by atoms with E-state index in [0.29, 0.717) is 0 Å². The second-order valence-electron chi connectivity index (χ2n) is 3.97. The van der Waals surface area contributed by atoms with Gasteiger partial charge in [0.1, 0.15) is 0 Å². The molecule has 1 unspecified atom stereocenters. The predicted octanol–water partition coefficient (Wildman–Crippen LogP) is 0.479. The summed E-state index contributed by atoms with van der Waals surface area (Å²) in [5, 5.41) is 6.27. The van der Waals surface area contributed by atoms with Crippen molar-refractivity contribution >= 4 is 5.96 Å². The number of nitrogens with zero attached hydrogens (tertiary/aromatic N) is 3. The van der Waals surface area contributed by atoms with Crippen LogP contribution in [0.25, 0.3) is 0 Å². The molecule has 2 N–H and O–H groups in total. The fourth-order valence-electron chi connectivity index (χ4n) is 1.64. The number of aliphatic imine (C=N–C) groups is 1. The molecule has 17 heavy (non-hydrogen) atoms. The number of guanidine groups is 1. The van der Waals surface area contributed by atoms with Crippen LogP contribution in [-0.2, 0) is 0 Å². The van der Waals surface area contributed by atoms with Crippen molar-refractivity contribution in [1.29, 1.82) is 0 Å². The average Bonchev–Trinajstić information content (AvgIpc) is 2.35. The number of rotatable bonds is 4. The Morgan fingerprint density at radius 3 is 2.76 bits per heavy atom. The first-order valence-corrected chi connectivity index (χ1v) is 5.63. The average molecular weight is 235 g/mol. The number of hydrogen-bond acceptors (Lipinski definition) is 3. The number of nitrogens with one attached hydrogen (secondary N) is 2. The molecular formula is C12H21N5. The van der Waals surface area contributed by atoms with Crippen LogP contribution in [0.1, 0.15) is 11.6 Å². The quantitative estimate of drug-likeness (QED) is 0.589. The SMILES string of the molecule is CN=C(NC)NCC(c1cccnc1)N(C)C. The largest absolute Gasteiger partial charge is 0.359 e. The van der Waals surface area contributed by atoms with Crippen LogP contribution in [-0.4, -0.2) is 50.6 Å². The molecule has 0 saturated heterocycles. The van der Waals surface area contributed by atoms with E-state index in [9.17, 15) is 0 Å². The first-order valence-electron chi connectivity index (χ1n) is 5.63. The van der Waals surface area contributed by atoms with Crippen LogP contribution in [0, 0.1) is 0 Å². The van der Waals surface area contributed by atoms with Crippen LogP contribution in [0.2, 0.25) is 0 Å². The van der Waals surface area contributed by atoms with Crippen LogP contribution in [0.3, 0.4) is 0 Å². The maximum absolute atomic E-state index is 4.16. The Hall–Kier alpha value is -1.62. The van der Waals surface area contributed by atoms with Crippen molar-refractivity contribution in [2.24, 2.45) is 4.99 Å². The van der Waals surface area contributed by atoms with E-state index >= 15 is 0 Å². The van der Waals surface area contributed by atoms with Gasteiger partial charge in [-0.15, -0.1) is 0 Å². The van der Waals surface area contributed by atoms with Gasteiger partial charge in [0, 0.05) is 33.0 Å². The first-order chi connectivity index (χ1) is 8.19. The van der Waals surface area contributed by atoms with E-state index in [2.05, 4.69) is 45.7 Å². The molecule has 1 heterocycles. The summed E-state index contributed by atoms with van der Waals surface area (Å²) in [6, 6.07) is 4.31. The molecule has 0 aromatic carbocycles. The summed E-state index contributed by atoms with van der Waals surface area (Å²) in [6.07, 6.45) is 3.69. The second-order valence-corrected chi connectivity index (χ2v) is 3.97.